The van der Waals surface area contributed by atoms with Crippen LogP contribution < -0.4 is 5.32 Å². The van der Waals surface area contributed by atoms with Gasteiger partial charge in [-0.15, -0.1) is 0 Å². The molecule has 1 aliphatic carbocycles. The van der Waals surface area contributed by atoms with E-state index in [1.54, 1.807) is 6.07 Å². The zero-order valence-electron chi connectivity index (χ0n) is 12.1. The molecule has 0 atom stereocenters. The average Bonchev–Trinajstić information content (AvgIpc) is 2.49. The molecule has 6 heteroatoms. The van der Waals surface area contributed by atoms with E-state index in [4.69, 9.17) is 16.7 Å². The lowest BCUT2D eigenvalue weighted by Gasteiger charge is -2.25. The second kappa shape index (κ2) is 7.58. The van der Waals surface area contributed by atoms with Gasteiger partial charge < -0.3 is 10.4 Å². The number of nitrogens with one attached hydrogen (secondary N) is 1. The van der Waals surface area contributed by atoms with Gasteiger partial charge in [0, 0.05) is 17.5 Å². The fraction of sp³-hybridized carbons (Fsp3) is 0.500. The summed E-state index contributed by atoms with van der Waals surface area (Å²) >= 11 is 5.93. The van der Waals surface area contributed by atoms with Crippen molar-refractivity contribution in [3.05, 3.63) is 34.6 Å². The van der Waals surface area contributed by atoms with Gasteiger partial charge in [0.2, 0.25) is 5.91 Å². The number of hydrogen-bond acceptors (Lipinski definition) is 2. The van der Waals surface area contributed by atoms with E-state index in [-0.39, 0.29) is 23.6 Å². The van der Waals surface area contributed by atoms with E-state index >= 15 is 0 Å². The summed E-state index contributed by atoms with van der Waals surface area (Å²) in [6, 6.07) is 4.21. The maximum absolute atomic E-state index is 12.9. The molecular weight excluding hydrogens is 309 g/mol. The van der Waals surface area contributed by atoms with E-state index in [9.17, 15) is 14.0 Å². The molecule has 0 aromatic heterocycles. The number of carbonyl (C=O) groups is 2. The Kier molecular flexibility index (Phi) is 5.77. The fourth-order valence-electron chi connectivity index (χ4n) is 2.79. The molecule has 0 saturated heterocycles. The SMILES string of the molecule is O=C(O)C1CCC(C(=O)NCCc2ccc(F)cc2Cl)CC1. The zero-order chi connectivity index (χ0) is 16.1. The number of aliphatic carboxylic acids is 1. The van der Waals surface area contributed by atoms with Crippen LogP contribution in [0.25, 0.3) is 0 Å². The van der Waals surface area contributed by atoms with Crippen molar-refractivity contribution in [2.75, 3.05) is 6.54 Å². The Morgan fingerprint density at radius 2 is 1.86 bits per heavy atom. The molecule has 1 saturated carbocycles. The topological polar surface area (TPSA) is 66.4 Å². The van der Waals surface area contributed by atoms with Gasteiger partial charge in [0.25, 0.3) is 0 Å². The molecule has 4 nitrogen and oxygen atoms in total. The minimum absolute atomic E-state index is 0.0397. The Labute approximate surface area is 133 Å². The van der Waals surface area contributed by atoms with Gasteiger partial charge in [-0.2, -0.15) is 0 Å². The zero-order valence-corrected chi connectivity index (χ0v) is 12.9. The van der Waals surface area contributed by atoms with Crippen molar-refractivity contribution in [2.24, 2.45) is 11.8 Å². The predicted octanol–water partition coefficient (Wildman–Crippen LogP) is 3.03. The minimum atomic E-state index is -0.773. The largest absolute Gasteiger partial charge is 0.481 e. The van der Waals surface area contributed by atoms with Gasteiger partial charge in [-0.1, -0.05) is 17.7 Å². The summed E-state index contributed by atoms with van der Waals surface area (Å²) in [5, 5.41) is 12.1. The highest BCUT2D eigenvalue weighted by Gasteiger charge is 2.29. The first-order chi connectivity index (χ1) is 10.5. The third kappa shape index (κ3) is 4.44. The van der Waals surface area contributed by atoms with Gasteiger partial charge in [0.15, 0.2) is 0 Å². The fourth-order valence-corrected chi connectivity index (χ4v) is 3.05. The number of hydrogen-bond donors (Lipinski definition) is 2. The van der Waals surface area contributed by atoms with E-state index in [2.05, 4.69) is 5.32 Å². The lowest BCUT2D eigenvalue weighted by Crippen LogP contribution is -2.35. The molecule has 0 radical (unpaired) electrons. The number of carboxylic acid groups (broad SMARTS) is 1. The number of carbonyl (C=O) groups excluding carboxylic acids is 1. The van der Waals surface area contributed by atoms with Crippen LogP contribution in [-0.2, 0) is 16.0 Å². The van der Waals surface area contributed by atoms with Gasteiger partial charge in [-0.3, -0.25) is 9.59 Å². The van der Waals surface area contributed by atoms with E-state index in [1.165, 1.54) is 12.1 Å². The van der Waals surface area contributed by atoms with Gasteiger partial charge in [-0.25, -0.2) is 4.39 Å². The molecule has 1 amide bonds. The van der Waals surface area contributed by atoms with Crippen LogP contribution in [0, 0.1) is 17.7 Å². The van der Waals surface area contributed by atoms with Crippen LogP contribution in [0.1, 0.15) is 31.2 Å². The van der Waals surface area contributed by atoms with Gasteiger partial charge in [0.1, 0.15) is 5.82 Å². The molecule has 1 aliphatic rings. The summed E-state index contributed by atoms with van der Waals surface area (Å²) in [7, 11) is 0. The van der Waals surface area contributed by atoms with Crippen LogP contribution in [0.3, 0.4) is 0 Å². The number of benzene rings is 1. The van der Waals surface area contributed by atoms with E-state index in [0.717, 1.165) is 5.56 Å². The highest BCUT2D eigenvalue weighted by atomic mass is 35.5. The lowest BCUT2D eigenvalue weighted by molar-refractivity contribution is -0.144. The molecule has 1 aromatic carbocycles. The minimum Gasteiger partial charge on any atom is -0.481 e. The number of amides is 1. The Bertz CT molecular complexity index is 556. The van der Waals surface area contributed by atoms with Crippen LogP contribution in [0.4, 0.5) is 4.39 Å². The third-order valence-electron chi connectivity index (χ3n) is 4.16. The molecule has 0 bridgehead atoms. The van der Waals surface area contributed by atoms with Crippen molar-refractivity contribution in [2.45, 2.75) is 32.1 Å². The first-order valence-corrected chi connectivity index (χ1v) is 7.79. The van der Waals surface area contributed by atoms with E-state index in [0.29, 0.717) is 43.7 Å². The van der Waals surface area contributed by atoms with Crippen molar-refractivity contribution in [1.29, 1.82) is 0 Å². The molecule has 22 heavy (non-hydrogen) atoms. The first kappa shape index (κ1) is 16.7. The second-order valence-electron chi connectivity index (χ2n) is 5.66. The van der Waals surface area contributed by atoms with Crippen LogP contribution in [0.5, 0.6) is 0 Å². The van der Waals surface area contributed by atoms with Crippen molar-refractivity contribution in [1.82, 2.24) is 5.32 Å². The summed E-state index contributed by atoms with van der Waals surface area (Å²) in [6.45, 7) is 0.434. The highest BCUT2D eigenvalue weighted by molar-refractivity contribution is 6.31. The molecule has 0 aliphatic heterocycles. The molecule has 0 unspecified atom stereocenters. The van der Waals surface area contributed by atoms with Crippen LogP contribution in [0.2, 0.25) is 5.02 Å². The molecule has 2 N–H and O–H groups in total. The van der Waals surface area contributed by atoms with Crippen LogP contribution in [0.15, 0.2) is 18.2 Å². The monoisotopic (exact) mass is 327 g/mol. The van der Waals surface area contributed by atoms with E-state index < -0.39 is 5.97 Å². The number of rotatable bonds is 5. The van der Waals surface area contributed by atoms with Crippen molar-refractivity contribution < 1.29 is 19.1 Å². The maximum atomic E-state index is 12.9. The van der Waals surface area contributed by atoms with Crippen molar-refractivity contribution >= 4 is 23.5 Å². The lowest BCUT2D eigenvalue weighted by atomic mass is 9.81. The number of halogens is 2. The summed E-state index contributed by atoms with van der Waals surface area (Å²) in [5.74, 6) is -1.62. The Morgan fingerprint density at radius 1 is 1.23 bits per heavy atom. The van der Waals surface area contributed by atoms with Gasteiger partial charge in [-0.05, 0) is 49.8 Å². The smallest absolute Gasteiger partial charge is 0.306 e. The van der Waals surface area contributed by atoms with E-state index in [1.807, 2.05) is 0 Å². The molecule has 1 aromatic rings. The molecule has 0 heterocycles. The Balaban J connectivity index is 1.75. The first-order valence-electron chi connectivity index (χ1n) is 7.42. The van der Waals surface area contributed by atoms with Gasteiger partial charge >= 0.3 is 5.97 Å². The molecule has 2 rings (SSSR count). The van der Waals surface area contributed by atoms with Crippen molar-refractivity contribution in [3.8, 4) is 0 Å². The Hall–Kier alpha value is -1.62. The Morgan fingerprint density at radius 3 is 2.45 bits per heavy atom. The summed E-state index contributed by atoms with van der Waals surface area (Å²) in [6.07, 6.45) is 2.87. The molecule has 0 spiro atoms. The summed E-state index contributed by atoms with van der Waals surface area (Å²) in [5.41, 5.74) is 0.790. The molecule has 120 valence electrons. The summed E-state index contributed by atoms with van der Waals surface area (Å²) < 4.78 is 12.9. The quantitative estimate of drug-likeness (QED) is 0.873. The third-order valence-corrected chi connectivity index (χ3v) is 4.51. The molecular formula is C16H19ClFNO3. The normalized spacial score (nSPS) is 21.4. The average molecular weight is 328 g/mol. The number of carboxylic acids is 1. The highest BCUT2D eigenvalue weighted by Crippen LogP contribution is 2.29. The van der Waals surface area contributed by atoms with Crippen molar-refractivity contribution in [3.63, 3.8) is 0 Å². The molecule has 1 fully saturated rings. The predicted molar refractivity (Wildman–Crippen MR) is 81.2 cm³/mol. The maximum Gasteiger partial charge on any atom is 0.306 e. The summed E-state index contributed by atoms with van der Waals surface area (Å²) in [4.78, 5) is 22.9. The standard InChI is InChI=1S/C16H19ClFNO3/c17-14-9-13(18)6-5-10(14)7-8-19-15(20)11-1-3-12(4-2-11)16(21)22/h5-6,9,11-12H,1-4,7-8H2,(H,19,20)(H,21,22). The van der Waals surface area contributed by atoms with Gasteiger partial charge in [0.05, 0.1) is 5.92 Å². The second-order valence-corrected chi connectivity index (χ2v) is 6.07. The van der Waals surface area contributed by atoms with Crippen LogP contribution in [-0.4, -0.2) is 23.5 Å². The van der Waals surface area contributed by atoms with Crippen LogP contribution >= 0.6 is 11.6 Å².